The average Bonchev–Trinajstić information content (AvgIpc) is 2.90. The molecule has 2 rings (SSSR count). The number of aliphatic imine (C=N–C) groups is 1. The maximum Gasteiger partial charge on any atom is 0.192 e. The summed E-state index contributed by atoms with van der Waals surface area (Å²) in [6, 6.07) is 4.87. The zero-order chi connectivity index (χ0) is 18.4. The van der Waals surface area contributed by atoms with Crippen molar-refractivity contribution < 1.29 is 9.13 Å². The van der Waals surface area contributed by atoms with Gasteiger partial charge >= 0.3 is 0 Å². The number of hydrogen-bond acceptors (Lipinski definition) is 4. The van der Waals surface area contributed by atoms with Crippen molar-refractivity contribution in [1.82, 2.24) is 15.6 Å². The molecule has 2 aromatic rings. The van der Waals surface area contributed by atoms with Crippen LogP contribution in [0.15, 0.2) is 23.2 Å². The summed E-state index contributed by atoms with van der Waals surface area (Å²) in [5.41, 5.74) is 1.85. The highest BCUT2D eigenvalue weighted by molar-refractivity contribution is 7.11. The molecule has 2 N–H and O–H groups in total. The molecular formula is C18H25FN4OS. The Bertz CT molecular complexity index is 745. The van der Waals surface area contributed by atoms with E-state index >= 15 is 0 Å². The van der Waals surface area contributed by atoms with E-state index in [9.17, 15) is 4.39 Å². The minimum absolute atomic E-state index is 0.0949. The number of ether oxygens (including phenoxy) is 1. The first-order valence-corrected chi connectivity index (χ1v) is 9.07. The number of aromatic nitrogens is 1. The molecule has 7 heteroatoms. The van der Waals surface area contributed by atoms with Crippen molar-refractivity contribution in [3.63, 3.8) is 0 Å². The predicted molar refractivity (Wildman–Crippen MR) is 101 cm³/mol. The van der Waals surface area contributed by atoms with E-state index in [4.69, 9.17) is 4.74 Å². The Balaban J connectivity index is 2.10. The van der Waals surface area contributed by atoms with Crippen LogP contribution >= 0.6 is 11.3 Å². The van der Waals surface area contributed by atoms with Gasteiger partial charge in [-0.3, -0.25) is 0 Å². The quantitative estimate of drug-likeness (QED) is 0.606. The third kappa shape index (κ3) is 5.16. The van der Waals surface area contributed by atoms with Crippen LogP contribution in [0.25, 0.3) is 0 Å². The van der Waals surface area contributed by atoms with Gasteiger partial charge in [-0.05, 0) is 45.4 Å². The number of methoxy groups -OCH3 is 1. The molecule has 0 fully saturated rings. The SMILES string of the molecule is CCNC(=NCc1sc(C)nc1C)NC(C)c1ccc(OC)c(F)c1. The number of aryl methyl sites for hydroxylation is 2. The molecule has 25 heavy (non-hydrogen) atoms. The van der Waals surface area contributed by atoms with Crippen molar-refractivity contribution in [1.29, 1.82) is 0 Å². The molecule has 0 bridgehead atoms. The normalized spacial score (nSPS) is 12.8. The number of hydrogen-bond donors (Lipinski definition) is 2. The zero-order valence-electron chi connectivity index (χ0n) is 15.3. The molecule has 1 unspecified atom stereocenters. The third-order valence-corrected chi connectivity index (χ3v) is 4.81. The zero-order valence-corrected chi connectivity index (χ0v) is 16.1. The van der Waals surface area contributed by atoms with E-state index in [0.717, 1.165) is 27.7 Å². The van der Waals surface area contributed by atoms with Gasteiger partial charge in [0.15, 0.2) is 17.5 Å². The Hall–Kier alpha value is -2.15. The standard InChI is InChI=1S/C18H25FN4OS/c1-6-20-18(21-10-17-12(3)22-13(4)25-17)23-11(2)14-7-8-16(24-5)15(19)9-14/h7-9,11H,6,10H2,1-5H3,(H2,20,21,23). The molecule has 0 aliphatic carbocycles. The van der Waals surface area contributed by atoms with Gasteiger partial charge in [0.25, 0.3) is 0 Å². The largest absolute Gasteiger partial charge is 0.494 e. The molecule has 0 aliphatic rings. The summed E-state index contributed by atoms with van der Waals surface area (Å²) in [6.07, 6.45) is 0. The molecular weight excluding hydrogens is 339 g/mol. The van der Waals surface area contributed by atoms with Crippen LogP contribution in [-0.4, -0.2) is 24.6 Å². The second-order valence-corrected chi connectivity index (χ2v) is 6.98. The molecule has 0 saturated heterocycles. The monoisotopic (exact) mass is 364 g/mol. The topological polar surface area (TPSA) is 58.5 Å². The van der Waals surface area contributed by atoms with Crippen molar-refractivity contribution in [2.75, 3.05) is 13.7 Å². The second-order valence-electron chi connectivity index (χ2n) is 5.70. The van der Waals surface area contributed by atoms with Gasteiger partial charge in [0.05, 0.1) is 30.4 Å². The van der Waals surface area contributed by atoms with E-state index in [-0.39, 0.29) is 17.6 Å². The smallest absolute Gasteiger partial charge is 0.192 e. The Kier molecular flexibility index (Phi) is 6.75. The first-order valence-electron chi connectivity index (χ1n) is 8.25. The molecule has 1 heterocycles. The highest BCUT2D eigenvalue weighted by atomic mass is 32.1. The van der Waals surface area contributed by atoms with Gasteiger partial charge in [-0.2, -0.15) is 0 Å². The predicted octanol–water partition coefficient (Wildman–Crippen LogP) is 3.72. The Morgan fingerprint density at radius 1 is 1.40 bits per heavy atom. The van der Waals surface area contributed by atoms with Crippen LogP contribution in [0.5, 0.6) is 5.75 Å². The summed E-state index contributed by atoms with van der Waals surface area (Å²) in [4.78, 5) is 10.2. The summed E-state index contributed by atoms with van der Waals surface area (Å²) in [7, 11) is 1.46. The molecule has 1 aromatic heterocycles. The number of nitrogens with zero attached hydrogens (tertiary/aromatic N) is 2. The molecule has 1 aromatic carbocycles. The van der Waals surface area contributed by atoms with Crippen LogP contribution in [0.4, 0.5) is 4.39 Å². The summed E-state index contributed by atoms with van der Waals surface area (Å²) < 4.78 is 18.9. The highest BCUT2D eigenvalue weighted by Gasteiger charge is 2.12. The van der Waals surface area contributed by atoms with Gasteiger partial charge < -0.3 is 15.4 Å². The van der Waals surface area contributed by atoms with Crippen LogP contribution in [0.3, 0.4) is 0 Å². The van der Waals surface area contributed by atoms with Crippen molar-refractivity contribution >= 4 is 17.3 Å². The van der Waals surface area contributed by atoms with E-state index in [0.29, 0.717) is 12.5 Å². The Morgan fingerprint density at radius 2 is 2.16 bits per heavy atom. The molecule has 0 spiro atoms. The maximum absolute atomic E-state index is 13.9. The lowest BCUT2D eigenvalue weighted by Crippen LogP contribution is -2.38. The van der Waals surface area contributed by atoms with Crippen LogP contribution in [0.2, 0.25) is 0 Å². The average molecular weight is 364 g/mol. The van der Waals surface area contributed by atoms with E-state index in [1.165, 1.54) is 13.2 Å². The summed E-state index contributed by atoms with van der Waals surface area (Å²) in [5, 5.41) is 7.58. The molecule has 0 amide bonds. The van der Waals surface area contributed by atoms with Gasteiger partial charge in [-0.1, -0.05) is 6.07 Å². The molecule has 0 aliphatic heterocycles. The fraction of sp³-hybridized carbons (Fsp3) is 0.444. The lowest BCUT2D eigenvalue weighted by molar-refractivity contribution is 0.386. The van der Waals surface area contributed by atoms with Crippen LogP contribution < -0.4 is 15.4 Å². The first-order chi connectivity index (χ1) is 11.9. The second kappa shape index (κ2) is 8.80. The van der Waals surface area contributed by atoms with Crippen molar-refractivity contribution in [2.24, 2.45) is 4.99 Å². The minimum Gasteiger partial charge on any atom is -0.494 e. The van der Waals surface area contributed by atoms with Crippen LogP contribution in [-0.2, 0) is 6.54 Å². The lowest BCUT2D eigenvalue weighted by atomic mass is 10.1. The number of guanidine groups is 1. The summed E-state index contributed by atoms with van der Waals surface area (Å²) in [6.45, 7) is 9.28. The maximum atomic E-state index is 13.9. The van der Waals surface area contributed by atoms with Gasteiger partial charge in [-0.15, -0.1) is 11.3 Å². The molecule has 0 radical (unpaired) electrons. The number of nitrogens with one attached hydrogen (secondary N) is 2. The van der Waals surface area contributed by atoms with Gasteiger partial charge in [0.1, 0.15) is 0 Å². The number of benzene rings is 1. The van der Waals surface area contributed by atoms with E-state index in [1.54, 1.807) is 17.4 Å². The number of halogens is 1. The van der Waals surface area contributed by atoms with E-state index < -0.39 is 0 Å². The minimum atomic E-state index is -0.369. The van der Waals surface area contributed by atoms with Crippen molar-refractivity contribution in [3.05, 3.63) is 45.2 Å². The fourth-order valence-electron chi connectivity index (χ4n) is 2.43. The molecule has 1 atom stereocenters. The van der Waals surface area contributed by atoms with Gasteiger partial charge in [0, 0.05) is 11.4 Å². The van der Waals surface area contributed by atoms with Gasteiger partial charge in [-0.25, -0.2) is 14.4 Å². The number of rotatable bonds is 6. The lowest BCUT2D eigenvalue weighted by Gasteiger charge is -2.18. The highest BCUT2D eigenvalue weighted by Crippen LogP contribution is 2.22. The van der Waals surface area contributed by atoms with Gasteiger partial charge in [0.2, 0.25) is 0 Å². The first kappa shape index (κ1) is 19.2. The molecule has 0 saturated carbocycles. The van der Waals surface area contributed by atoms with Crippen molar-refractivity contribution in [3.8, 4) is 5.75 Å². The Morgan fingerprint density at radius 3 is 2.72 bits per heavy atom. The van der Waals surface area contributed by atoms with E-state index in [1.807, 2.05) is 33.8 Å². The van der Waals surface area contributed by atoms with Crippen molar-refractivity contribution in [2.45, 2.75) is 40.3 Å². The van der Waals surface area contributed by atoms with Crippen LogP contribution in [0.1, 0.15) is 41.0 Å². The summed E-state index contributed by atoms with van der Waals surface area (Å²) >= 11 is 1.66. The Labute approximate surface area is 152 Å². The summed E-state index contributed by atoms with van der Waals surface area (Å²) in [5.74, 6) is 0.565. The molecule has 5 nitrogen and oxygen atoms in total. The third-order valence-electron chi connectivity index (χ3n) is 3.75. The number of thiazole rings is 1. The van der Waals surface area contributed by atoms with Crippen LogP contribution in [0, 0.1) is 19.7 Å². The fourth-order valence-corrected chi connectivity index (χ4v) is 3.29. The van der Waals surface area contributed by atoms with E-state index in [2.05, 4.69) is 20.6 Å². The molecule has 136 valence electrons.